The van der Waals surface area contributed by atoms with Crippen molar-refractivity contribution in [1.82, 2.24) is 15.1 Å². The van der Waals surface area contributed by atoms with Crippen LogP contribution < -0.4 is 14.8 Å². The van der Waals surface area contributed by atoms with Gasteiger partial charge in [0.25, 0.3) is 0 Å². The molecule has 0 radical (unpaired) electrons. The van der Waals surface area contributed by atoms with Gasteiger partial charge in [-0.05, 0) is 80.2 Å². The Morgan fingerprint density at radius 2 is 1.79 bits per heavy atom. The van der Waals surface area contributed by atoms with Crippen LogP contribution in [-0.4, -0.2) is 72.6 Å². The van der Waals surface area contributed by atoms with Crippen LogP contribution in [0.3, 0.4) is 0 Å². The van der Waals surface area contributed by atoms with E-state index in [9.17, 15) is 18.0 Å². The first kappa shape index (κ1) is 28.9. The number of halogens is 3. The largest absolute Gasteiger partial charge is 0.497 e. The Morgan fingerprint density at radius 1 is 1.10 bits per heavy atom. The van der Waals surface area contributed by atoms with Gasteiger partial charge in [0.05, 0.1) is 23.7 Å². The average molecular weight is 583 g/mol. The van der Waals surface area contributed by atoms with E-state index in [1.807, 2.05) is 56.6 Å². The smallest absolute Gasteiger partial charge is 0.490 e. The molecule has 220 valence electrons. The van der Waals surface area contributed by atoms with Gasteiger partial charge in [0, 0.05) is 29.1 Å². The number of rotatable bonds is 7. The van der Waals surface area contributed by atoms with Gasteiger partial charge in [-0.3, -0.25) is 9.89 Å². The molecule has 3 N–H and O–H groups in total. The third kappa shape index (κ3) is 5.49. The van der Waals surface area contributed by atoms with Crippen LogP contribution in [0.4, 0.5) is 18.9 Å². The highest BCUT2D eigenvalue weighted by atomic mass is 19.4. The fourth-order valence-electron chi connectivity index (χ4n) is 5.23. The number of aromatic amines is 1. The van der Waals surface area contributed by atoms with Gasteiger partial charge in [-0.2, -0.15) is 18.3 Å². The number of nitrogens with one attached hydrogen (secondary N) is 2. The number of H-pyrrole nitrogens is 1. The fraction of sp³-hybridized carbons (Fsp3) is 0.300. The number of ether oxygens (including phenoxy) is 2. The van der Waals surface area contributed by atoms with E-state index in [0.717, 1.165) is 63.4 Å². The molecule has 2 aliphatic rings. The van der Waals surface area contributed by atoms with Gasteiger partial charge < -0.3 is 24.8 Å². The maximum Gasteiger partial charge on any atom is 0.490 e. The van der Waals surface area contributed by atoms with Gasteiger partial charge in [0.2, 0.25) is 5.91 Å². The molecule has 42 heavy (non-hydrogen) atoms. The van der Waals surface area contributed by atoms with E-state index in [2.05, 4.69) is 38.6 Å². The minimum Gasteiger partial charge on any atom is -0.497 e. The molecular weight excluding hydrogens is 553 g/mol. The Kier molecular flexibility index (Phi) is 7.58. The van der Waals surface area contributed by atoms with Gasteiger partial charge in [-0.1, -0.05) is 12.1 Å². The van der Waals surface area contributed by atoms with Crippen LogP contribution in [0.2, 0.25) is 0 Å². The van der Waals surface area contributed by atoms with E-state index in [1.165, 1.54) is 0 Å². The van der Waals surface area contributed by atoms with Crippen molar-refractivity contribution in [2.75, 3.05) is 39.7 Å². The summed E-state index contributed by atoms with van der Waals surface area (Å²) in [6, 6.07) is 20.2. The van der Waals surface area contributed by atoms with Crippen molar-refractivity contribution in [3.05, 3.63) is 71.8 Å². The van der Waals surface area contributed by atoms with Crippen LogP contribution in [-0.2, 0) is 15.0 Å². The molecule has 1 spiro atoms. The van der Waals surface area contributed by atoms with Gasteiger partial charge in [-0.15, -0.1) is 0 Å². The maximum atomic E-state index is 13.0. The number of aromatic nitrogens is 2. The zero-order valence-electron chi connectivity index (χ0n) is 23.1. The summed E-state index contributed by atoms with van der Waals surface area (Å²) in [5, 5.41) is 19.0. The second-order valence-electron chi connectivity index (χ2n) is 10.4. The number of benzene rings is 3. The summed E-state index contributed by atoms with van der Waals surface area (Å²) < 4.78 is 43.0. The number of carbonyl (C=O) groups is 2. The quantitative estimate of drug-likeness (QED) is 0.275. The van der Waals surface area contributed by atoms with Gasteiger partial charge in [-0.25, -0.2) is 4.79 Å². The lowest BCUT2D eigenvalue weighted by atomic mass is 9.91. The van der Waals surface area contributed by atoms with Crippen LogP contribution in [0.5, 0.6) is 11.5 Å². The van der Waals surface area contributed by atoms with E-state index >= 15 is 0 Å². The molecule has 0 bridgehead atoms. The van der Waals surface area contributed by atoms with Gasteiger partial charge >= 0.3 is 12.1 Å². The minimum atomic E-state index is -5.08. The molecule has 12 heteroatoms. The van der Waals surface area contributed by atoms with Crippen LogP contribution in [0.25, 0.3) is 22.2 Å². The predicted octanol–water partition coefficient (Wildman–Crippen LogP) is 5.19. The number of hydrogen-bond donors (Lipinski definition) is 3. The molecule has 2 atom stereocenters. The normalized spacial score (nSPS) is 18.8. The first-order valence-corrected chi connectivity index (χ1v) is 13.1. The maximum absolute atomic E-state index is 13.0. The third-order valence-corrected chi connectivity index (χ3v) is 7.49. The SMILES string of the molecule is COc1ccc2c(c1)C1(CC1c1ccc3c(-c4ccc(OCCN(C)C)cc4)n[nH]c3c1)C(=O)N2.O=C(O)C(F)(F)F. The minimum absolute atomic E-state index is 0.0732. The Morgan fingerprint density at radius 3 is 2.43 bits per heavy atom. The number of carboxylic acids is 1. The summed E-state index contributed by atoms with van der Waals surface area (Å²) in [6.45, 7) is 1.52. The second kappa shape index (κ2) is 11.0. The topological polar surface area (TPSA) is 117 Å². The number of anilines is 1. The van der Waals surface area contributed by atoms with E-state index < -0.39 is 17.6 Å². The molecule has 9 nitrogen and oxygen atoms in total. The molecule has 0 saturated heterocycles. The molecular formula is C30H29F3N4O5. The lowest BCUT2D eigenvalue weighted by Gasteiger charge is -2.11. The van der Waals surface area contributed by atoms with E-state index in [1.54, 1.807) is 7.11 Å². The molecule has 3 aromatic carbocycles. The number of hydrogen-bond acceptors (Lipinski definition) is 6. The highest BCUT2D eigenvalue weighted by Crippen LogP contribution is 2.65. The second-order valence-corrected chi connectivity index (χ2v) is 10.4. The van der Waals surface area contributed by atoms with Crippen molar-refractivity contribution in [3.63, 3.8) is 0 Å². The number of likely N-dealkylation sites (N-methyl/N-ethyl adjacent to an activating group) is 1. The zero-order valence-corrected chi connectivity index (χ0v) is 23.1. The number of methoxy groups -OCH3 is 1. The number of fused-ring (bicyclic) bond motifs is 3. The lowest BCUT2D eigenvalue weighted by molar-refractivity contribution is -0.192. The molecule has 1 saturated carbocycles. The highest BCUT2D eigenvalue weighted by molar-refractivity contribution is 6.10. The molecule has 4 aromatic rings. The van der Waals surface area contributed by atoms with Crippen molar-refractivity contribution in [1.29, 1.82) is 0 Å². The lowest BCUT2D eigenvalue weighted by Crippen LogP contribution is -2.21. The Bertz CT molecular complexity index is 1630. The first-order chi connectivity index (χ1) is 19.9. The van der Waals surface area contributed by atoms with E-state index in [-0.39, 0.29) is 11.8 Å². The summed E-state index contributed by atoms with van der Waals surface area (Å²) in [5.41, 5.74) is 5.46. The summed E-state index contributed by atoms with van der Waals surface area (Å²) in [7, 11) is 5.71. The molecule has 1 aliphatic heterocycles. The number of carboxylic acid groups (broad SMARTS) is 1. The van der Waals surface area contributed by atoms with Crippen molar-refractivity contribution in [2.45, 2.75) is 23.9 Å². The summed E-state index contributed by atoms with van der Waals surface area (Å²) in [6.07, 6.45) is -4.29. The van der Waals surface area contributed by atoms with Crippen molar-refractivity contribution >= 4 is 28.5 Å². The summed E-state index contributed by atoms with van der Waals surface area (Å²) in [5.74, 6) is -0.932. The summed E-state index contributed by atoms with van der Waals surface area (Å²) >= 11 is 0. The third-order valence-electron chi connectivity index (χ3n) is 7.49. The number of nitrogens with zero attached hydrogens (tertiary/aromatic N) is 2. The average Bonchev–Trinajstić information content (AvgIpc) is 3.47. The number of alkyl halides is 3. The standard InChI is InChI=1S/C28H28N4O3.C2HF3O2/c1-32(2)12-13-35-19-7-4-17(5-8-19)26-21-10-6-18(14-25(21)30-31-26)23-16-28(23)22-15-20(34-3)9-11-24(22)29-27(28)33;3-2(4,5)1(6)7/h4-11,14-15,23H,12-13,16H2,1-3H3,(H,29,33)(H,30,31);(H,6,7). The Balaban J connectivity index is 0.000000451. The number of carbonyl (C=O) groups excluding carboxylic acids is 1. The van der Waals surface area contributed by atoms with E-state index in [4.69, 9.17) is 19.4 Å². The van der Waals surface area contributed by atoms with Crippen LogP contribution in [0.15, 0.2) is 60.7 Å². The zero-order chi connectivity index (χ0) is 30.2. The molecule has 2 heterocycles. The number of amides is 1. The van der Waals surface area contributed by atoms with Gasteiger partial charge in [0.1, 0.15) is 18.1 Å². The van der Waals surface area contributed by atoms with Crippen molar-refractivity contribution in [2.24, 2.45) is 0 Å². The fourth-order valence-corrected chi connectivity index (χ4v) is 5.23. The van der Waals surface area contributed by atoms with Crippen LogP contribution in [0, 0.1) is 0 Å². The Labute approximate surface area is 239 Å². The molecule has 1 amide bonds. The molecule has 2 unspecified atom stereocenters. The van der Waals surface area contributed by atoms with Crippen molar-refractivity contribution < 1.29 is 37.3 Å². The van der Waals surface area contributed by atoms with Gasteiger partial charge in [0.15, 0.2) is 0 Å². The monoisotopic (exact) mass is 582 g/mol. The van der Waals surface area contributed by atoms with E-state index in [0.29, 0.717) is 6.61 Å². The van der Waals surface area contributed by atoms with Crippen LogP contribution >= 0.6 is 0 Å². The van der Waals surface area contributed by atoms with Crippen LogP contribution in [0.1, 0.15) is 23.5 Å². The first-order valence-electron chi connectivity index (χ1n) is 13.1. The van der Waals surface area contributed by atoms with Crippen molar-refractivity contribution in [3.8, 4) is 22.8 Å². The molecule has 1 aliphatic carbocycles. The summed E-state index contributed by atoms with van der Waals surface area (Å²) in [4.78, 5) is 24.0. The predicted molar refractivity (Wildman–Crippen MR) is 150 cm³/mol. The molecule has 1 fully saturated rings. The highest BCUT2D eigenvalue weighted by Gasteiger charge is 2.65. The Hall–Kier alpha value is -4.58. The number of aliphatic carboxylic acids is 1. The molecule has 1 aromatic heterocycles. The molecule has 6 rings (SSSR count).